The predicted molar refractivity (Wildman–Crippen MR) is 80.0 cm³/mol. The molecule has 4 heteroatoms. The molecule has 2 aromatic heterocycles. The summed E-state index contributed by atoms with van der Waals surface area (Å²) in [7, 11) is 0. The van der Waals surface area contributed by atoms with E-state index in [0.29, 0.717) is 22.8 Å². The first kappa shape index (κ1) is 12.2. The Balaban J connectivity index is 2.21. The van der Waals surface area contributed by atoms with Gasteiger partial charge in [-0.25, -0.2) is 0 Å². The number of hydrogen-bond donors (Lipinski definition) is 0. The van der Waals surface area contributed by atoms with Crippen LogP contribution in [0.4, 0.5) is 0 Å². The van der Waals surface area contributed by atoms with E-state index in [0.717, 1.165) is 15.4 Å². The summed E-state index contributed by atoms with van der Waals surface area (Å²) >= 11 is 2.12. The van der Waals surface area contributed by atoms with E-state index in [1.165, 1.54) is 0 Å². The van der Waals surface area contributed by atoms with E-state index in [1.54, 1.807) is 18.4 Å². The van der Waals surface area contributed by atoms with Crippen molar-refractivity contribution in [2.24, 2.45) is 0 Å². The van der Waals surface area contributed by atoms with E-state index in [4.69, 9.17) is 8.83 Å². The zero-order valence-corrected chi connectivity index (χ0v) is 12.0. The van der Waals surface area contributed by atoms with E-state index >= 15 is 0 Å². The van der Waals surface area contributed by atoms with Crippen LogP contribution < -0.4 is 0 Å². The van der Waals surface area contributed by atoms with E-state index in [-0.39, 0.29) is 0 Å². The standard InChI is InChI=1S/C15H9IO3/c16-13-11(9-17)15(12-7-4-8-18-12)19-14(13)10-5-2-1-3-6-10/h1-9H. The molecule has 0 aliphatic rings. The van der Waals surface area contributed by atoms with Crippen LogP contribution in [0.2, 0.25) is 0 Å². The van der Waals surface area contributed by atoms with Crippen LogP contribution in [-0.2, 0) is 0 Å². The van der Waals surface area contributed by atoms with Crippen molar-refractivity contribution in [3.63, 3.8) is 0 Å². The molecule has 19 heavy (non-hydrogen) atoms. The van der Waals surface area contributed by atoms with Gasteiger partial charge in [-0.2, -0.15) is 0 Å². The highest BCUT2D eigenvalue weighted by molar-refractivity contribution is 14.1. The van der Waals surface area contributed by atoms with Gasteiger partial charge in [-0.1, -0.05) is 30.3 Å². The maximum Gasteiger partial charge on any atom is 0.181 e. The molecule has 0 saturated carbocycles. The number of aldehydes is 1. The van der Waals surface area contributed by atoms with Gasteiger partial charge in [0.2, 0.25) is 0 Å². The fraction of sp³-hybridized carbons (Fsp3) is 0. The molecule has 94 valence electrons. The second kappa shape index (κ2) is 5.05. The summed E-state index contributed by atoms with van der Waals surface area (Å²) in [6, 6.07) is 13.2. The van der Waals surface area contributed by atoms with E-state index < -0.39 is 0 Å². The smallest absolute Gasteiger partial charge is 0.181 e. The molecule has 0 radical (unpaired) electrons. The molecule has 0 bridgehead atoms. The molecule has 0 N–H and O–H groups in total. The SMILES string of the molecule is O=Cc1c(-c2ccco2)oc(-c2ccccc2)c1I. The summed E-state index contributed by atoms with van der Waals surface area (Å²) in [5, 5.41) is 0. The third-order valence-electron chi connectivity index (χ3n) is 2.78. The Morgan fingerprint density at radius 1 is 1.00 bits per heavy atom. The van der Waals surface area contributed by atoms with Crippen LogP contribution in [0.3, 0.4) is 0 Å². The topological polar surface area (TPSA) is 43.4 Å². The lowest BCUT2D eigenvalue weighted by atomic mass is 10.1. The molecule has 3 aromatic rings. The Bertz CT molecular complexity index is 697. The summed E-state index contributed by atoms with van der Waals surface area (Å²) in [5.41, 5.74) is 1.46. The van der Waals surface area contributed by atoms with Gasteiger partial charge in [0, 0.05) is 5.56 Å². The van der Waals surface area contributed by atoms with Crippen molar-refractivity contribution < 1.29 is 13.6 Å². The second-order valence-electron chi connectivity index (χ2n) is 3.95. The maximum atomic E-state index is 11.3. The molecule has 0 aliphatic carbocycles. The summed E-state index contributed by atoms with van der Waals surface area (Å²) in [6.45, 7) is 0. The number of furan rings is 2. The lowest BCUT2D eigenvalue weighted by molar-refractivity contribution is 0.112. The Kier molecular flexibility index (Phi) is 3.25. The van der Waals surface area contributed by atoms with Crippen molar-refractivity contribution in [2.75, 3.05) is 0 Å². The molecule has 2 heterocycles. The molecular formula is C15H9IO3. The Hall–Kier alpha value is -1.82. The van der Waals surface area contributed by atoms with Gasteiger partial charge in [0.1, 0.15) is 5.76 Å². The summed E-state index contributed by atoms with van der Waals surface area (Å²) in [4.78, 5) is 11.3. The Labute approximate surface area is 123 Å². The van der Waals surface area contributed by atoms with Gasteiger partial charge in [0.15, 0.2) is 17.8 Å². The van der Waals surface area contributed by atoms with Gasteiger partial charge in [-0.15, -0.1) is 0 Å². The van der Waals surface area contributed by atoms with Crippen molar-refractivity contribution >= 4 is 28.9 Å². The number of carbonyl (C=O) groups is 1. The Morgan fingerprint density at radius 2 is 1.79 bits per heavy atom. The number of hydrogen-bond acceptors (Lipinski definition) is 3. The van der Waals surface area contributed by atoms with Gasteiger partial charge in [-0.3, -0.25) is 4.79 Å². The predicted octanol–water partition coefficient (Wildman–Crippen LogP) is 4.62. The molecule has 0 aliphatic heterocycles. The number of halogens is 1. The molecule has 3 rings (SSSR count). The van der Waals surface area contributed by atoms with Gasteiger partial charge >= 0.3 is 0 Å². The fourth-order valence-electron chi connectivity index (χ4n) is 1.90. The summed E-state index contributed by atoms with van der Waals surface area (Å²) < 4.78 is 11.9. The molecule has 0 fully saturated rings. The van der Waals surface area contributed by atoms with Gasteiger partial charge in [0.05, 0.1) is 15.4 Å². The minimum atomic E-state index is 0.475. The van der Waals surface area contributed by atoms with Crippen LogP contribution in [0.5, 0.6) is 0 Å². The molecule has 0 saturated heterocycles. The van der Waals surface area contributed by atoms with Crippen molar-refractivity contribution in [1.29, 1.82) is 0 Å². The van der Waals surface area contributed by atoms with Crippen molar-refractivity contribution in [2.45, 2.75) is 0 Å². The van der Waals surface area contributed by atoms with E-state index in [1.807, 2.05) is 30.3 Å². The third-order valence-corrected chi connectivity index (χ3v) is 3.85. The van der Waals surface area contributed by atoms with Crippen LogP contribution in [0, 0.1) is 3.57 Å². The van der Waals surface area contributed by atoms with Gasteiger partial charge < -0.3 is 8.83 Å². The highest BCUT2D eigenvalue weighted by Gasteiger charge is 2.21. The normalized spacial score (nSPS) is 10.6. The fourth-order valence-corrected chi connectivity index (χ4v) is 2.69. The third kappa shape index (κ3) is 2.12. The lowest BCUT2D eigenvalue weighted by Gasteiger charge is -1.96. The minimum absolute atomic E-state index is 0.475. The van der Waals surface area contributed by atoms with Crippen molar-refractivity contribution in [3.8, 4) is 22.8 Å². The molecule has 3 nitrogen and oxygen atoms in total. The van der Waals surface area contributed by atoms with Crippen molar-refractivity contribution in [3.05, 3.63) is 57.9 Å². The second-order valence-corrected chi connectivity index (χ2v) is 5.03. The molecule has 0 spiro atoms. The van der Waals surface area contributed by atoms with Crippen LogP contribution >= 0.6 is 22.6 Å². The largest absolute Gasteiger partial charge is 0.461 e. The zero-order valence-electron chi connectivity index (χ0n) is 9.80. The number of carbonyl (C=O) groups excluding carboxylic acids is 1. The molecule has 0 atom stereocenters. The average molecular weight is 364 g/mol. The highest BCUT2D eigenvalue weighted by atomic mass is 127. The first-order valence-corrected chi connectivity index (χ1v) is 6.76. The van der Waals surface area contributed by atoms with Crippen LogP contribution in [0.25, 0.3) is 22.8 Å². The molecule has 0 unspecified atom stereocenters. The zero-order chi connectivity index (χ0) is 13.2. The minimum Gasteiger partial charge on any atom is -0.461 e. The van der Waals surface area contributed by atoms with E-state index in [2.05, 4.69) is 22.6 Å². The molecule has 0 amide bonds. The van der Waals surface area contributed by atoms with E-state index in [9.17, 15) is 4.79 Å². The molecular weight excluding hydrogens is 355 g/mol. The quantitative estimate of drug-likeness (QED) is 0.503. The van der Waals surface area contributed by atoms with Crippen LogP contribution in [0.15, 0.2) is 57.6 Å². The summed E-state index contributed by atoms with van der Waals surface area (Å²) in [6.07, 6.45) is 2.36. The number of rotatable bonds is 3. The van der Waals surface area contributed by atoms with Gasteiger partial charge in [-0.05, 0) is 34.7 Å². The summed E-state index contributed by atoms with van der Waals surface area (Å²) in [5.74, 6) is 1.72. The van der Waals surface area contributed by atoms with Crippen LogP contribution in [-0.4, -0.2) is 6.29 Å². The number of benzene rings is 1. The lowest BCUT2D eigenvalue weighted by Crippen LogP contribution is -1.83. The maximum absolute atomic E-state index is 11.3. The van der Waals surface area contributed by atoms with Gasteiger partial charge in [0.25, 0.3) is 0 Å². The van der Waals surface area contributed by atoms with Crippen LogP contribution in [0.1, 0.15) is 10.4 Å². The Morgan fingerprint density at radius 3 is 2.42 bits per heavy atom. The first-order valence-electron chi connectivity index (χ1n) is 5.68. The first-order chi connectivity index (χ1) is 9.31. The van der Waals surface area contributed by atoms with Crippen molar-refractivity contribution in [1.82, 2.24) is 0 Å². The average Bonchev–Trinajstić information content (AvgIpc) is 3.07. The monoisotopic (exact) mass is 364 g/mol. The molecule has 1 aromatic carbocycles. The highest BCUT2D eigenvalue weighted by Crippen LogP contribution is 2.37.